The second-order valence-electron chi connectivity index (χ2n) is 2.61. The van der Waals surface area contributed by atoms with E-state index in [1.54, 1.807) is 19.1 Å². The summed E-state index contributed by atoms with van der Waals surface area (Å²) in [6.07, 6.45) is 0. The first-order chi connectivity index (χ1) is 5.11. The van der Waals surface area contributed by atoms with Crippen molar-refractivity contribution in [3.8, 4) is 0 Å². The molecule has 0 aliphatic rings. The van der Waals surface area contributed by atoms with Crippen LogP contribution >= 0.6 is 0 Å². The molecule has 0 amide bonds. The van der Waals surface area contributed by atoms with E-state index in [4.69, 9.17) is 0 Å². The predicted octanol–water partition coefficient (Wildman–Crippen LogP) is 1.87. The van der Waals surface area contributed by atoms with Crippen molar-refractivity contribution in [1.29, 1.82) is 0 Å². The van der Waals surface area contributed by atoms with Crippen LogP contribution in [0.25, 0.3) is 0 Å². The highest BCUT2D eigenvalue weighted by Gasteiger charge is 2.07. The fourth-order valence-corrected chi connectivity index (χ4v) is 1.04. The highest BCUT2D eigenvalue weighted by molar-refractivity contribution is 5.88. The Hall–Kier alpha value is -1.31. The van der Waals surface area contributed by atoms with E-state index in [0.29, 0.717) is 0 Å². The van der Waals surface area contributed by atoms with Crippen molar-refractivity contribution in [1.82, 2.24) is 0 Å². The van der Waals surface area contributed by atoms with Crippen LogP contribution in [0, 0.1) is 13.8 Å². The summed E-state index contributed by atoms with van der Waals surface area (Å²) in [7, 11) is 0. The SMILES string of the molecule is Cc1ccc(C([O])=O)c(C)c1. The Bertz CT molecular complexity index is 290. The molecule has 0 aliphatic carbocycles. The van der Waals surface area contributed by atoms with Crippen LogP contribution in [0.15, 0.2) is 18.2 Å². The van der Waals surface area contributed by atoms with Crippen molar-refractivity contribution in [3.63, 3.8) is 0 Å². The first-order valence-corrected chi connectivity index (χ1v) is 3.40. The van der Waals surface area contributed by atoms with Crippen molar-refractivity contribution < 1.29 is 9.90 Å². The number of carbonyl (C=O) groups is 1. The summed E-state index contributed by atoms with van der Waals surface area (Å²) >= 11 is 0. The van der Waals surface area contributed by atoms with E-state index in [1.807, 2.05) is 13.0 Å². The summed E-state index contributed by atoms with van der Waals surface area (Å²) in [5, 5.41) is 10.4. The molecule has 0 aliphatic heterocycles. The fraction of sp³-hybridized carbons (Fsp3) is 0.222. The second kappa shape index (κ2) is 2.74. The van der Waals surface area contributed by atoms with Gasteiger partial charge in [0, 0.05) is 0 Å². The van der Waals surface area contributed by atoms with Gasteiger partial charge in [0.05, 0.1) is 5.56 Å². The van der Waals surface area contributed by atoms with Gasteiger partial charge in [0.15, 0.2) is 0 Å². The molecule has 1 aromatic carbocycles. The van der Waals surface area contributed by atoms with E-state index < -0.39 is 5.97 Å². The Labute approximate surface area is 65.5 Å². The van der Waals surface area contributed by atoms with Crippen molar-refractivity contribution in [2.45, 2.75) is 13.8 Å². The van der Waals surface area contributed by atoms with E-state index in [9.17, 15) is 9.90 Å². The van der Waals surface area contributed by atoms with Crippen LogP contribution in [0.1, 0.15) is 21.5 Å². The van der Waals surface area contributed by atoms with Gasteiger partial charge in [0.2, 0.25) is 0 Å². The van der Waals surface area contributed by atoms with Crippen molar-refractivity contribution in [3.05, 3.63) is 34.9 Å². The lowest BCUT2D eigenvalue weighted by Gasteiger charge is -1.98. The quantitative estimate of drug-likeness (QED) is 0.600. The molecule has 0 atom stereocenters. The number of carbonyl (C=O) groups excluding carboxylic acids is 1. The number of hydrogen-bond donors (Lipinski definition) is 0. The molecule has 0 spiro atoms. The molecule has 0 aromatic heterocycles. The van der Waals surface area contributed by atoms with Crippen LogP contribution in [0.5, 0.6) is 0 Å². The minimum atomic E-state index is -1.11. The van der Waals surface area contributed by atoms with E-state index in [0.717, 1.165) is 11.1 Å². The molecule has 0 N–H and O–H groups in total. The summed E-state index contributed by atoms with van der Waals surface area (Å²) in [5.74, 6) is -1.11. The van der Waals surface area contributed by atoms with E-state index >= 15 is 0 Å². The second-order valence-corrected chi connectivity index (χ2v) is 2.61. The Kier molecular flexibility index (Phi) is 1.94. The maximum atomic E-state index is 10.4. The third-order valence-corrected chi connectivity index (χ3v) is 1.60. The third-order valence-electron chi connectivity index (χ3n) is 1.60. The molecule has 57 valence electrons. The summed E-state index contributed by atoms with van der Waals surface area (Å²) in [6.45, 7) is 3.68. The Morgan fingerprint density at radius 1 is 1.27 bits per heavy atom. The van der Waals surface area contributed by atoms with Gasteiger partial charge in [-0.2, -0.15) is 0 Å². The molecule has 0 fully saturated rings. The standard InChI is InChI=1S/C9H9O2/c1-6-3-4-8(9(10)11)7(2)5-6/h3-5H,1-2H3. The van der Waals surface area contributed by atoms with Crippen LogP contribution < -0.4 is 0 Å². The number of benzene rings is 1. The van der Waals surface area contributed by atoms with Gasteiger partial charge < -0.3 is 0 Å². The minimum Gasteiger partial charge on any atom is -0.241 e. The summed E-state index contributed by atoms with van der Waals surface area (Å²) < 4.78 is 0. The molecule has 0 saturated carbocycles. The Balaban J connectivity index is 3.20. The van der Waals surface area contributed by atoms with E-state index in [1.165, 1.54) is 0 Å². The Morgan fingerprint density at radius 3 is 2.36 bits per heavy atom. The minimum absolute atomic E-state index is 0.274. The van der Waals surface area contributed by atoms with Gasteiger partial charge >= 0.3 is 5.97 Å². The van der Waals surface area contributed by atoms with E-state index in [2.05, 4.69) is 0 Å². The van der Waals surface area contributed by atoms with Gasteiger partial charge in [0.25, 0.3) is 0 Å². The van der Waals surface area contributed by atoms with Crippen LogP contribution in [-0.2, 0) is 5.11 Å². The summed E-state index contributed by atoms with van der Waals surface area (Å²) in [4.78, 5) is 10.4. The van der Waals surface area contributed by atoms with Crippen LogP contribution in [0.4, 0.5) is 0 Å². The molecule has 0 bridgehead atoms. The largest absolute Gasteiger partial charge is 0.386 e. The van der Waals surface area contributed by atoms with Crippen molar-refractivity contribution in [2.24, 2.45) is 0 Å². The normalized spacial score (nSPS) is 9.64. The lowest BCUT2D eigenvalue weighted by atomic mass is 10.1. The van der Waals surface area contributed by atoms with Gasteiger partial charge in [-0.25, -0.2) is 9.90 Å². The molecular formula is C9H9O2. The zero-order chi connectivity index (χ0) is 8.43. The van der Waals surface area contributed by atoms with Gasteiger partial charge in [-0.05, 0) is 25.5 Å². The van der Waals surface area contributed by atoms with Crippen molar-refractivity contribution >= 4 is 5.97 Å². The topological polar surface area (TPSA) is 37.0 Å². The zero-order valence-electron chi connectivity index (χ0n) is 6.55. The first kappa shape index (κ1) is 7.79. The maximum absolute atomic E-state index is 10.4. The average molecular weight is 149 g/mol. The monoisotopic (exact) mass is 149 g/mol. The van der Waals surface area contributed by atoms with E-state index in [-0.39, 0.29) is 5.56 Å². The molecular weight excluding hydrogens is 140 g/mol. The number of aryl methyl sites for hydroxylation is 2. The number of rotatable bonds is 1. The predicted molar refractivity (Wildman–Crippen MR) is 40.9 cm³/mol. The molecule has 0 unspecified atom stereocenters. The summed E-state index contributed by atoms with van der Waals surface area (Å²) in [5.41, 5.74) is 2.09. The van der Waals surface area contributed by atoms with Crippen molar-refractivity contribution in [2.75, 3.05) is 0 Å². The van der Waals surface area contributed by atoms with Crippen LogP contribution in [-0.4, -0.2) is 5.97 Å². The first-order valence-electron chi connectivity index (χ1n) is 3.40. The van der Waals surface area contributed by atoms with Gasteiger partial charge in [-0.15, -0.1) is 0 Å². The molecule has 2 heteroatoms. The Morgan fingerprint density at radius 2 is 1.91 bits per heavy atom. The molecule has 1 radical (unpaired) electrons. The number of hydrogen-bond acceptors (Lipinski definition) is 1. The molecule has 0 heterocycles. The lowest BCUT2D eigenvalue weighted by molar-refractivity contribution is 0.0572. The maximum Gasteiger partial charge on any atom is 0.386 e. The molecule has 0 saturated heterocycles. The van der Waals surface area contributed by atoms with Crippen LogP contribution in [0.2, 0.25) is 0 Å². The fourth-order valence-electron chi connectivity index (χ4n) is 1.04. The van der Waals surface area contributed by atoms with Gasteiger partial charge in [-0.3, -0.25) is 0 Å². The third kappa shape index (κ3) is 1.58. The average Bonchev–Trinajstić information content (AvgIpc) is 1.85. The highest BCUT2D eigenvalue weighted by atomic mass is 16.4. The highest BCUT2D eigenvalue weighted by Crippen LogP contribution is 2.09. The van der Waals surface area contributed by atoms with Gasteiger partial charge in [-0.1, -0.05) is 17.7 Å². The lowest BCUT2D eigenvalue weighted by Crippen LogP contribution is -1.97. The molecule has 11 heavy (non-hydrogen) atoms. The smallest absolute Gasteiger partial charge is 0.241 e. The van der Waals surface area contributed by atoms with Crippen LogP contribution in [0.3, 0.4) is 0 Å². The summed E-state index contributed by atoms with van der Waals surface area (Å²) in [6, 6.07) is 5.16. The molecule has 2 nitrogen and oxygen atoms in total. The molecule has 1 rings (SSSR count). The molecule has 1 aromatic rings. The zero-order valence-corrected chi connectivity index (χ0v) is 6.55. The van der Waals surface area contributed by atoms with Gasteiger partial charge in [0.1, 0.15) is 0 Å².